The first-order valence-corrected chi connectivity index (χ1v) is 9.32. The van der Waals surface area contributed by atoms with Crippen LogP contribution in [0.1, 0.15) is 31.9 Å². The monoisotopic (exact) mass is 373 g/mol. The van der Waals surface area contributed by atoms with Crippen LogP contribution in [0.15, 0.2) is 24.3 Å². The van der Waals surface area contributed by atoms with Gasteiger partial charge in [0.2, 0.25) is 11.8 Å². The topological polar surface area (TPSA) is 79.0 Å². The molecule has 2 amide bonds. The molecule has 2 fully saturated rings. The average Bonchev–Trinajstić information content (AvgIpc) is 3.12. The molecule has 2 aliphatic rings. The van der Waals surface area contributed by atoms with E-state index in [1.54, 1.807) is 6.92 Å². The molecule has 2 heterocycles. The van der Waals surface area contributed by atoms with Crippen LogP contribution < -0.4 is 10.2 Å². The Hall–Kier alpha value is -2.41. The van der Waals surface area contributed by atoms with Crippen LogP contribution in [0.5, 0.6) is 0 Å². The summed E-state index contributed by atoms with van der Waals surface area (Å²) in [7, 11) is 5.40. The van der Waals surface area contributed by atoms with Crippen LogP contribution >= 0.6 is 0 Å². The molecule has 1 N–H and O–H groups in total. The van der Waals surface area contributed by atoms with Gasteiger partial charge in [-0.25, -0.2) is 0 Å². The second-order valence-corrected chi connectivity index (χ2v) is 7.39. The molecule has 0 saturated carbocycles. The number of anilines is 1. The third-order valence-electron chi connectivity index (χ3n) is 5.84. The zero-order valence-corrected chi connectivity index (χ0v) is 16.5. The third-order valence-corrected chi connectivity index (χ3v) is 5.84. The summed E-state index contributed by atoms with van der Waals surface area (Å²) in [6, 6.07) is 7.39. The van der Waals surface area contributed by atoms with Crippen molar-refractivity contribution < 1.29 is 19.1 Å². The second kappa shape index (κ2) is 6.96. The van der Waals surface area contributed by atoms with Gasteiger partial charge in [0.15, 0.2) is 0 Å². The second-order valence-electron chi connectivity index (χ2n) is 7.39. The standard InChI is InChI=1S/C20H27N3O4/c1-6-20(19(26)27-7-2)15-14(17(24)23(5)18(15)25)16(21-20)12-8-10-13(11-9-12)22(3)4/h8-11,14-16,21H,6-7H2,1-5H3/t14-,15+,16-,20+/m0/s1. The van der Waals surface area contributed by atoms with Crippen molar-refractivity contribution >= 4 is 23.5 Å². The van der Waals surface area contributed by atoms with Crippen molar-refractivity contribution in [3.8, 4) is 0 Å². The minimum Gasteiger partial charge on any atom is -0.465 e. The highest BCUT2D eigenvalue weighted by Crippen LogP contribution is 2.50. The number of hydrogen-bond acceptors (Lipinski definition) is 6. The third kappa shape index (κ3) is 2.81. The van der Waals surface area contributed by atoms with E-state index in [9.17, 15) is 14.4 Å². The number of rotatable bonds is 5. The number of likely N-dealkylation sites (tertiary alicyclic amines) is 1. The Balaban J connectivity index is 2.06. The predicted octanol–water partition coefficient (Wildman–Crippen LogP) is 1.34. The summed E-state index contributed by atoms with van der Waals surface area (Å²) in [5.41, 5.74) is 0.723. The van der Waals surface area contributed by atoms with E-state index in [1.165, 1.54) is 7.05 Å². The van der Waals surface area contributed by atoms with Crippen LogP contribution in [0, 0.1) is 11.8 Å². The number of carbonyl (C=O) groups is 3. The minimum atomic E-state index is -1.19. The maximum atomic E-state index is 12.9. The molecule has 4 atom stereocenters. The Kier molecular flexibility index (Phi) is 4.99. The van der Waals surface area contributed by atoms with Gasteiger partial charge >= 0.3 is 5.97 Å². The zero-order chi connectivity index (χ0) is 19.9. The number of carbonyl (C=O) groups excluding carboxylic acids is 3. The van der Waals surface area contributed by atoms with Crippen LogP contribution in [0.4, 0.5) is 5.69 Å². The lowest BCUT2D eigenvalue weighted by Gasteiger charge is -2.31. The van der Waals surface area contributed by atoms with Gasteiger partial charge in [0, 0.05) is 32.9 Å². The van der Waals surface area contributed by atoms with Crippen molar-refractivity contribution in [2.45, 2.75) is 31.8 Å². The lowest BCUT2D eigenvalue weighted by molar-refractivity contribution is -0.156. The Morgan fingerprint density at radius 2 is 1.81 bits per heavy atom. The summed E-state index contributed by atoms with van der Waals surface area (Å²) in [6.45, 7) is 3.80. The van der Waals surface area contributed by atoms with Gasteiger partial charge in [0.05, 0.1) is 18.4 Å². The first-order chi connectivity index (χ1) is 12.8. The Morgan fingerprint density at radius 3 is 2.33 bits per heavy atom. The maximum absolute atomic E-state index is 12.9. The fourth-order valence-corrected chi connectivity index (χ4v) is 4.33. The van der Waals surface area contributed by atoms with E-state index in [2.05, 4.69) is 5.32 Å². The van der Waals surface area contributed by atoms with Crippen molar-refractivity contribution in [1.82, 2.24) is 10.2 Å². The van der Waals surface area contributed by atoms with E-state index in [4.69, 9.17) is 4.74 Å². The fourth-order valence-electron chi connectivity index (χ4n) is 4.33. The summed E-state index contributed by atoms with van der Waals surface area (Å²) in [6.07, 6.45) is 0.367. The van der Waals surface area contributed by atoms with Crippen molar-refractivity contribution in [3.63, 3.8) is 0 Å². The number of ether oxygens (including phenoxy) is 1. The number of nitrogens with zero attached hydrogens (tertiary/aromatic N) is 2. The molecule has 3 rings (SSSR count). The van der Waals surface area contributed by atoms with Gasteiger partial charge in [-0.15, -0.1) is 0 Å². The van der Waals surface area contributed by atoms with Crippen molar-refractivity contribution in [2.75, 3.05) is 32.6 Å². The molecule has 0 unspecified atom stereocenters. The van der Waals surface area contributed by atoms with E-state index >= 15 is 0 Å². The molecule has 7 nitrogen and oxygen atoms in total. The number of esters is 1. The highest BCUT2D eigenvalue weighted by molar-refractivity contribution is 6.09. The molecule has 0 bridgehead atoms. The van der Waals surface area contributed by atoms with Crippen molar-refractivity contribution in [3.05, 3.63) is 29.8 Å². The molecule has 2 saturated heterocycles. The van der Waals surface area contributed by atoms with Gasteiger partial charge in [0.25, 0.3) is 0 Å². The fraction of sp³-hybridized carbons (Fsp3) is 0.550. The van der Waals surface area contributed by atoms with Gasteiger partial charge in [-0.1, -0.05) is 19.1 Å². The molecular formula is C20H27N3O4. The molecule has 0 aliphatic carbocycles. The number of amides is 2. The van der Waals surface area contributed by atoms with Gasteiger partial charge in [-0.05, 0) is 31.0 Å². The Labute approximate surface area is 159 Å². The first-order valence-electron chi connectivity index (χ1n) is 9.32. The Bertz CT molecular complexity index is 761. The summed E-state index contributed by atoms with van der Waals surface area (Å²) in [4.78, 5) is 41.7. The summed E-state index contributed by atoms with van der Waals surface area (Å²) in [5.74, 6) is -2.40. The molecule has 0 spiro atoms. The van der Waals surface area contributed by atoms with Crippen LogP contribution in [0.2, 0.25) is 0 Å². The number of hydrogen-bond donors (Lipinski definition) is 1. The van der Waals surface area contributed by atoms with Crippen molar-refractivity contribution in [1.29, 1.82) is 0 Å². The van der Waals surface area contributed by atoms with Crippen LogP contribution in [0.25, 0.3) is 0 Å². The molecule has 7 heteroatoms. The molecule has 146 valence electrons. The van der Waals surface area contributed by atoms with Gasteiger partial charge < -0.3 is 9.64 Å². The molecule has 27 heavy (non-hydrogen) atoms. The molecule has 0 radical (unpaired) electrons. The number of fused-ring (bicyclic) bond motifs is 1. The van der Waals surface area contributed by atoms with Crippen LogP contribution in [0.3, 0.4) is 0 Å². The highest BCUT2D eigenvalue weighted by atomic mass is 16.5. The van der Waals surface area contributed by atoms with E-state index in [0.29, 0.717) is 6.42 Å². The quantitative estimate of drug-likeness (QED) is 0.620. The van der Waals surface area contributed by atoms with E-state index < -0.39 is 29.4 Å². The molecular weight excluding hydrogens is 346 g/mol. The van der Waals surface area contributed by atoms with Crippen LogP contribution in [-0.4, -0.2) is 56.0 Å². The lowest BCUT2D eigenvalue weighted by atomic mass is 9.78. The van der Waals surface area contributed by atoms with Crippen molar-refractivity contribution in [2.24, 2.45) is 11.8 Å². The number of benzene rings is 1. The molecule has 1 aromatic carbocycles. The summed E-state index contributed by atoms with van der Waals surface area (Å²) >= 11 is 0. The first kappa shape index (κ1) is 19.4. The van der Waals surface area contributed by atoms with E-state index in [1.807, 2.05) is 50.2 Å². The highest BCUT2D eigenvalue weighted by Gasteiger charge is 2.67. The average molecular weight is 373 g/mol. The minimum absolute atomic E-state index is 0.222. The van der Waals surface area contributed by atoms with Gasteiger partial charge in [-0.3, -0.25) is 24.6 Å². The maximum Gasteiger partial charge on any atom is 0.327 e. The predicted molar refractivity (Wildman–Crippen MR) is 101 cm³/mol. The Morgan fingerprint density at radius 1 is 1.19 bits per heavy atom. The van der Waals surface area contributed by atoms with E-state index in [-0.39, 0.29) is 18.4 Å². The SMILES string of the molecule is CCOC(=O)[C@]1(CC)N[C@@H](c2ccc(N(C)C)cc2)[C@H]2C(=O)N(C)C(=O)[C@@H]21. The van der Waals surface area contributed by atoms with Crippen LogP contribution in [-0.2, 0) is 19.1 Å². The summed E-state index contributed by atoms with van der Waals surface area (Å²) in [5, 5.41) is 3.33. The number of imide groups is 1. The molecule has 1 aromatic rings. The summed E-state index contributed by atoms with van der Waals surface area (Å²) < 4.78 is 5.29. The van der Waals surface area contributed by atoms with Gasteiger partial charge in [0.1, 0.15) is 5.54 Å². The van der Waals surface area contributed by atoms with Gasteiger partial charge in [-0.2, -0.15) is 0 Å². The molecule has 2 aliphatic heterocycles. The lowest BCUT2D eigenvalue weighted by Crippen LogP contribution is -2.55. The zero-order valence-electron chi connectivity index (χ0n) is 16.5. The van der Waals surface area contributed by atoms with E-state index in [0.717, 1.165) is 16.2 Å². The number of nitrogens with one attached hydrogen (secondary N) is 1. The largest absolute Gasteiger partial charge is 0.465 e. The molecule has 0 aromatic heterocycles. The normalized spacial score (nSPS) is 29.8. The smallest absolute Gasteiger partial charge is 0.327 e.